The quantitative estimate of drug-likeness (QED) is 0.313. The first-order chi connectivity index (χ1) is 15.6. The molecular weight excluding hydrogens is 411 g/mol. The smallest absolute Gasteiger partial charge is 0.254 e. The van der Waals surface area contributed by atoms with Crippen molar-refractivity contribution < 1.29 is 19.4 Å². The maximum absolute atomic E-state index is 13.9. The van der Waals surface area contributed by atoms with Crippen LogP contribution in [0.25, 0.3) is 0 Å². The van der Waals surface area contributed by atoms with E-state index in [9.17, 15) is 19.4 Å². The molecule has 1 amide bonds. The lowest BCUT2D eigenvalue weighted by Crippen LogP contribution is -2.33. The highest BCUT2D eigenvalue weighted by Crippen LogP contribution is 2.13. The molecule has 0 aliphatic heterocycles. The van der Waals surface area contributed by atoms with Crippen LogP contribution in [0.1, 0.15) is 33.2 Å². The molecule has 3 aromatic rings. The van der Waals surface area contributed by atoms with Crippen LogP contribution >= 0.6 is 0 Å². The first kappa shape index (κ1) is 23.5. The number of amides is 1. The Bertz CT molecular complexity index is 986. The number of hydrogen-bond acceptors (Lipinski definition) is 6. The third kappa shape index (κ3) is 6.65. The summed E-state index contributed by atoms with van der Waals surface area (Å²) in [5.41, 5.74) is 2.57. The molecule has 0 fully saturated rings. The van der Waals surface area contributed by atoms with Crippen LogP contribution in [0.15, 0.2) is 67.1 Å². The van der Waals surface area contributed by atoms with E-state index in [-0.39, 0.29) is 25.6 Å². The van der Waals surface area contributed by atoms with Crippen LogP contribution in [-0.4, -0.2) is 57.2 Å². The van der Waals surface area contributed by atoms with E-state index in [2.05, 4.69) is 15.3 Å². The first-order valence-corrected chi connectivity index (χ1v) is 10.5. The van der Waals surface area contributed by atoms with Gasteiger partial charge < -0.3 is 20.4 Å². The van der Waals surface area contributed by atoms with Crippen molar-refractivity contribution in [3.63, 3.8) is 0 Å². The molecular formula is C24H27FN4O3. The molecule has 0 spiro atoms. The number of nitrogens with zero attached hydrogens (tertiary/aromatic N) is 3. The monoisotopic (exact) mass is 438 g/mol. The van der Waals surface area contributed by atoms with Gasteiger partial charge in [-0.25, -0.2) is 4.98 Å². The largest absolute Gasteiger partial charge is 0.395 e. The predicted molar refractivity (Wildman–Crippen MR) is 118 cm³/mol. The first-order valence-electron chi connectivity index (χ1n) is 10.5. The summed E-state index contributed by atoms with van der Waals surface area (Å²) in [5, 5.41) is 22.7. The summed E-state index contributed by atoms with van der Waals surface area (Å²) in [5.74, 6) is -0.911. The molecule has 2 aromatic heterocycles. The van der Waals surface area contributed by atoms with E-state index < -0.39 is 12.1 Å². The second-order valence-electron chi connectivity index (χ2n) is 7.36. The molecule has 8 heteroatoms. The normalized spacial score (nSPS) is 11.8. The van der Waals surface area contributed by atoms with Crippen LogP contribution in [0.4, 0.5) is 4.39 Å². The van der Waals surface area contributed by atoms with Crippen molar-refractivity contribution >= 4 is 5.91 Å². The van der Waals surface area contributed by atoms with Gasteiger partial charge in [-0.15, -0.1) is 0 Å². The fraction of sp³-hybridized carbons (Fsp3) is 0.292. The molecule has 1 unspecified atom stereocenters. The van der Waals surface area contributed by atoms with E-state index in [4.69, 9.17) is 0 Å². The fourth-order valence-corrected chi connectivity index (χ4v) is 3.28. The number of nitrogens with one attached hydrogen (secondary N) is 1. The van der Waals surface area contributed by atoms with Crippen LogP contribution in [0.2, 0.25) is 0 Å². The number of halogens is 1. The molecule has 7 nitrogen and oxygen atoms in total. The Labute approximate surface area is 186 Å². The molecule has 3 N–H and O–H groups in total. The van der Waals surface area contributed by atoms with Crippen molar-refractivity contribution in [2.45, 2.75) is 19.1 Å². The molecule has 0 aliphatic rings. The van der Waals surface area contributed by atoms with E-state index in [1.54, 1.807) is 42.7 Å². The average Bonchev–Trinajstić information content (AvgIpc) is 2.83. The molecule has 1 aromatic carbocycles. The van der Waals surface area contributed by atoms with Gasteiger partial charge in [0.1, 0.15) is 0 Å². The number of benzene rings is 1. The van der Waals surface area contributed by atoms with Crippen molar-refractivity contribution in [3.8, 4) is 0 Å². The van der Waals surface area contributed by atoms with Gasteiger partial charge >= 0.3 is 0 Å². The minimum atomic E-state index is -0.625. The highest BCUT2D eigenvalue weighted by molar-refractivity contribution is 5.94. The van der Waals surface area contributed by atoms with Crippen LogP contribution < -0.4 is 5.32 Å². The Morgan fingerprint density at radius 2 is 1.91 bits per heavy atom. The van der Waals surface area contributed by atoms with Crippen LogP contribution in [-0.2, 0) is 13.0 Å². The van der Waals surface area contributed by atoms with Gasteiger partial charge in [-0.1, -0.05) is 24.3 Å². The maximum Gasteiger partial charge on any atom is 0.254 e. The number of aliphatic hydroxyl groups excluding tert-OH is 2. The zero-order valence-corrected chi connectivity index (χ0v) is 17.7. The Balaban J connectivity index is 1.52. The van der Waals surface area contributed by atoms with E-state index in [0.717, 1.165) is 17.5 Å². The fourth-order valence-electron chi connectivity index (χ4n) is 3.28. The SMILES string of the molecule is O=C(c1ccc(CCNCC(O)c2cccnc2)cc1)N(CCO)Cc1cccnc1F. The van der Waals surface area contributed by atoms with Gasteiger partial charge in [0, 0.05) is 48.4 Å². The number of carbonyl (C=O) groups excluding carboxylic acids is 1. The standard InChI is InChI=1S/C24H27FN4O3/c25-23-21(4-2-11-28-23)17-29(13-14-30)24(32)19-7-5-18(6-8-19)9-12-27-16-22(31)20-3-1-10-26-15-20/h1-8,10-11,15,22,27,30-31H,9,12-14,16-17H2. The minimum absolute atomic E-state index is 0.0317. The topological polar surface area (TPSA) is 98.6 Å². The Morgan fingerprint density at radius 1 is 1.12 bits per heavy atom. The summed E-state index contributed by atoms with van der Waals surface area (Å²) in [7, 11) is 0. The van der Waals surface area contributed by atoms with E-state index >= 15 is 0 Å². The molecule has 0 aliphatic carbocycles. The number of hydrogen-bond donors (Lipinski definition) is 3. The third-order valence-corrected chi connectivity index (χ3v) is 5.05. The van der Waals surface area contributed by atoms with E-state index in [1.165, 1.54) is 11.1 Å². The lowest BCUT2D eigenvalue weighted by atomic mass is 10.1. The molecule has 0 saturated carbocycles. The van der Waals surface area contributed by atoms with Gasteiger partial charge in [-0.2, -0.15) is 4.39 Å². The van der Waals surface area contributed by atoms with E-state index in [0.29, 0.717) is 24.2 Å². The zero-order chi connectivity index (χ0) is 22.8. The molecule has 0 saturated heterocycles. The highest BCUT2D eigenvalue weighted by atomic mass is 19.1. The zero-order valence-electron chi connectivity index (χ0n) is 17.7. The van der Waals surface area contributed by atoms with Crippen molar-refractivity contribution in [1.82, 2.24) is 20.2 Å². The van der Waals surface area contributed by atoms with Crippen molar-refractivity contribution in [2.75, 3.05) is 26.2 Å². The van der Waals surface area contributed by atoms with Crippen molar-refractivity contribution in [2.24, 2.45) is 0 Å². The molecule has 1 atom stereocenters. The summed E-state index contributed by atoms with van der Waals surface area (Å²) in [6.07, 6.45) is 4.77. The van der Waals surface area contributed by atoms with E-state index in [1.807, 2.05) is 18.2 Å². The Morgan fingerprint density at radius 3 is 2.59 bits per heavy atom. The molecule has 32 heavy (non-hydrogen) atoms. The molecule has 2 heterocycles. The van der Waals surface area contributed by atoms with Crippen LogP contribution in [0.5, 0.6) is 0 Å². The number of rotatable bonds is 11. The van der Waals surface area contributed by atoms with Crippen molar-refractivity contribution in [3.05, 3.63) is 95.3 Å². The average molecular weight is 439 g/mol. The van der Waals surface area contributed by atoms with Gasteiger partial charge in [-0.05, 0) is 42.8 Å². The van der Waals surface area contributed by atoms with Crippen molar-refractivity contribution in [1.29, 1.82) is 0 Å². The maximum atomic E-state index is 13.9. The second-order valence-corrected chi connectivity index (χ2v) is 7.36. The highest BCUT2D eigenvalue weighted by Gasteiger charge is 2.17. The van der Waals surface area contributed by atoms with Gasteiger partial charge in [0.2, 0.25) is 5.95 Å². The Hall–Kier alpha value is -3.20. The van der Waals surface area contributed by atoms with Gasteiger partial charge in [0.15, 0.2) is 0 Å². The lowest BCUT2D eigenvalue weighted by molar-refractivity contribution is 0.0705. The summed E-state index contributed by atoms with van der Waals surface area (Å²) in [6, 6.07) is 14.0. The summed E-state index contributed by atoms with van der Waals surface area (Å²) in [6.45, 7) is 0.995. The molecule has 0 bridgehead atoms. The van der Waals surface area contributed by atoms with Gasteiger partial charge in [0.05, 0.1) is 19.3 Å². The number of pyridine rings is 2. The number of carbonyl (C=O) groups is 1. The number of aliphatic hydroxyl groups is 2. The summed E-state index contributed by atoms with van der Waals surface area (Å²) < 4.78 is 13.9. The predicted octanol–water partition coefficient (Wildman–Crippen LogP) is 2.12. The lowest BCUT2D eigenvalue weighted by Gasteiger charge is -2.22. The van der Waals surface area contributed by atoms with Crippen LogP contribution in [0, 0.1) is 5.95 Å². The summed E-state index contributed by atoms with van der Waals surface area (Å²) >= 11 is 0. The van der Waals surface area contributed by atoms with Crippen LogP contribution in [0.3, 0.4) is 0 Å². The second kappa shape index (κ2) is 12.0. The molecule has 0 radical (unpaired) electrons. The molecule has 168 valence electrons. The molecule has 3 rings (SSSR count). The number of aromatic nitrogens is 2. The third-order valence-electron chi connectivity index (χ3n) is 5.05. The minimum Gasteiger partial charge on any atom is -0.395 e. The Kier molecular flexibility index (Phi) is 8.79. The summed E-state index contributed by atoms with van der Waals surface area (Å²) in [4.78, 5) is 21.9. The van der Waals surface area contributed by atoms with Gasteiger partial charge in [0.25, 0.3) is 5.91 Å². The van der Waals surface area contributed by atoms with Gasteiger partial charge in [-0.3, -0.25) is 9.78 Å².